The van der Waals surface area contributed by atoms with E-state index in [0.717, 1.165) is 12.1 Å². The van der Waals surface area contributed by atoms with Crippen LogP contribution in [0.4, 0.5) is 13.2 Å². The number of aliphatic carboxylic acids is 1. The topological polar surface area (TPSA) is 66.4 Å². The van der Waals surface area contributed by atoms with E-state index in [1.165, 1.54) is 26.0 Å². The van der Waals surface area contributed by atoms with Gasteiger partial charge in [0, 0.05) is 6.42 Å². The average molecular weight is 345 g/mol. The van der Waals surface area contributed by atoms with Crippen molar-refractivity contribution in [2.24, 2.45) is 5.41 Å². The Morgan fingerprint density at radius 3 is 2.38 bits per heavy atom. The highest BCUT2D eigenvalue weighted by Crippen LogP contribution is 2.31. The Kier molecular flexibility index (Phi) is 6.40. The van der Waals surface area contributed by atoms with E-state index in [9.17, 15) is 22.8 Å². The number of carboxylic acids is 1. The van der Waals surface area contributed by atoms with Gasteiger partial charge in [-0.3, -0.25) is 9.59 Å². The Morgan fingerprint density at radius 1 is 1.25 bits per heavy atom. The summed E-state index contributed by atoms with van der Waals surface area (Å²) in [6.07, 6.45) is -3.59. The largest absolute Gasteiger partial charge is 0.481 e. The highest BCUT2D eigenvalue weighted by molar-refractivity contribution is 5.84. The first-order valence-electron chi connectivity index (χ1n) is 7.67. The molecule has 0 aliphatic carbocycles. The summed E-state index contributed by atoms with van der Waals surface area (Å²) in [6.45, 7) is 4.70. The number of halogens is 3. The van der Waals surface area contributed by atoms with Crippen molar-refractivity contribution in [2.75, 3.05) is 0 Å². The molecule has 4 nitrogen and oxygen atoms in total. The van der Waals surface area contributed by atoms with Crippen LogP contribution in [0.1, 0.15) is 57.2 Å². The van der Waals surface area contributed by atoms with E-state index in [4.69, 9.17) is 5.11 Å². The molecule has 7 heteroatoms. The lowest BCUT2D eigenvalue weighted by atomic mass is 9.89. The van der Waals surface area contributed by atoms with Crippen molar-refractivity contribution >= 4 is 11.9 Å². The molecule has 0 saturated carbocycles. The minimum Gasteiger partial charge on any atom is -0.481 e. The van der Waals surface area contributed by atoms with E-state index in [1.54, 1.807) is 0 Å². The number of carbonyl (C=O) groups is 2. The normalized spacial score (nSPS) is 13.4. The fraction of sp³-hybridized carbons (Fsp3) is 0.529. The molecule has 0 bridgehead atoms. The van der Waals surface area contributed by atoms with Gasteiger partial charge in [0.05, 0.1) is 17.0 Å². The third-order valence-corrected chi connectivity index (χ3v) is 3.71. The molecule has 0 saturated heterocycles. The summed E-state index contributed by atoms with van der Waals surface area (Å²) in [5.74, 6) is -1.61. The molecule has 2 N–H and O–H groups in total. The number of carbonyl (C=O) groups excluding carboxylic acids is 1. The predicted molar refractivity (Wildman–Crippen MR) is 83.3 cm³/mol. The molecule has 0 spiro atoms. The molecule has 1 unspecified atom stereocenters. The summed E-state index contributed by atoms with van der Waals surface area (Å²) in [5.41, 5.74) is -1.66. The van der Waals surface area contributed by atoms with E-state index >= 15 is 0 Å². The van der Waals surface area contributed by atoms with Crippen molar-refractivity contribution in [3.8, 4) is 0 Å². The number of carboxylic acid groups (broad SMARTS) is 1. The van der Waals surface area contributed by atoms with Crippen LogP contribution in [0.15, 0.2) is 24.3 Å². The fourth-order valence-corrected chi connectivity index (χ4v) is 2.26. The molecule has 1 aromatic carbocycles. The van der Waals surface area contributed by atoms with Gasteiger partial charge in [-0.25, -0.2) is 0 Å². The van der Waals surface area contributed by atoms with Gasteiger partial charge in [-0.05, 0) is 38.0 Å². The molecule has 24 heavy (non-hydrogen) atoms. The highest BCUT2D eigenvalue weighted by atomic mass is 19.4. The lowest BCUT2D eigenvalue weighted by Crippen LogP contribution is -2.35. The molecule has 0 radical (unpaired) electrons. The van der Waals surface area contributed by atoms with Crippen molar-refractivity contribution in [2.45, 2.75) is 52.3 Å². The number of amides is 1. The maximum atomic E-state index is 12.8. The van der Waals surface area contributed by atoms with Gasteiger partial charge in [-0.15, -0.1) is 0 Å². The van der Waals surface area contributed by atoms with Gasteiger partial charge in [0.25, 0.3) is 0 Å². The van der Waals surface area contributed by atoms with Crippen LogP contribution in [-0.2, 0) is 15.8 Å². The van der Waals surface area contributed by atoms with E-state index in [1.807, 2.05) is 6.92 Å². The molecule has 1 atom stereocenters. The number of alkyl halides is 3. The van der Waals surface area contributed by atoms with Crippen LogP contribution >= 0.6 is 0 Å². The fourth-order valence-electron chi connectivity index (χ4n) is 2.26. The lowest BCUT2D eigenvalue weighted by Gasteiger charge is -2.23. The monoisotopic (exact) mass is 345 g/mol. The Balaban J connectivity index is 2.96. The molecule has 1 rings (SSSR count). The highest BCUT2D eigenvalue weighted by Gasteiger charge is 2.32. The van der Waals surface area contributed by atoms with Gasteiger partial charge in [-0.1, -0.05) is 25.5 Å². The first-order chi connectivity index (χ1) is 11.0. The Morgan fingerprint density at radius 2 is 1.88 bits per heavy atom. The summed E-state index contributed by atoms with van der Waals surface area (Å²) < 4.78 is 38.5. The second-order valence-electron chi connectivity index (χ2n) is 6.40. The quantitative estimate of drug-likeness (QED) is 0.780. The van der Waals surface area contributed by atoms with Crippen LogP contribution in [-0.4, -0.2) is 17.0 Å². The minimum absolute atomic E-state index is 0.249. The smallest absolute Gasteiger partial charge is 0.416 e. The zero-order chi connectivity index (χ0) is 18.5. The van der Waals surface area contributed by atoms with E-state index in [0.29, 0.717) is 18.4 Å². The molecule has 0 aromatic heterocycles. The lowest BCUT2D eigenvalue weighted by molar-refractivity contribution is -0.149. The van der Waals surface area contributed by atoms with E-state index in [-0.39, 0.29) is 6.42 Å². The van der Waals surface area contributed by atoms with Gasteiger partial charge in [0.2, 0.25) is 5.91 Å². The van der Waals surface area contributed by atoms with Crippen molar-refractivity contribution < 1.29 is 27.9 Å². The van der Waals surface area contributed by atoms with Gasteiger partial charge in [-0.2, -0.15) is 13.2 Å². The minimum atomic E-state index is -4.46. The number of nitrogens with one attached hydrogen (secondary N) is 1. The molecular weight excluding hydrogens is 323 g/mol. The van der Waals surface area contributed by atoms with Crippen molar-refractivity contribution in [3.63, 3.8) is 0 Å². The zero-order valence-electron chi connectivity index (χ0n) is 13.9. The Hall–Kier alpha value is -2.05. The number of benzene rings is 1. The predicted octanol–water partition coefficient (Wildman–Crippen LogP) is 4.16. The molecule has 1 amide bonds. The first-order valence-corrected chi connectivity index (χ1v) is 7.67. The number of rotatable bonds is 7. The van der Waals surface area contributed by atoms with Crippen molar-refractivity contribution in [3.05, 3.63) is 35.4 Å². The SMILES string of the molecule is CCCC(NC(=O)CC(C)(C)C(=O)O)c1cccc(C(F)(F)F)c1. The molecule has 134 valence electrons. The zero-order valence-corrected chi connectivity index (χ0v) is 13.9. The maximum absolute atomic E-state index is 12.8. The van der Waals surface area contributed by atoms with Crippen molar-refractivity contribution in [1.29, 1.82) is 0 Å². The van der Waals surface area contributed by atoms with Crippen LogP contribution in [0.3, 0.4) is 0 Å². The van der Waals surface area contributed by atoms with E-state index < -0.39 is 35.1 Å². The maximum Gasteiger partial charge on any atom is 0.416 e. The second kappa shape index (κ2) is 7.68. The molecule has 1 aromatic rings. The summed E-state index contributed by atoms with van der Waals surface area (Å²) in [7, 11) is 0. The number of hydrogen-bond acceptors (Lipinski definition) is 2. The second-order valence-corrected chi connectivity index (χ2v) is 6.40. The molecule has 0 aliphatic rings. The van der Waals surface area contributed by atoms with Crippen molar-refractivity contribution in [1.82, 2.24) is 5.32 Å². The van der Waals surface area contributed by atoms with Gasteiger partial charge < -0.3 is 10.4 Å². The molecular formula is C17H22F3NO3. The van der Waals surface area contributed by atoms with Crippen LogP contribution in [0.2, 0.25) is 0 Å². The molecule has 0 heterocycles. The standard InChI is InChI=1S/C17H22F3NO3/c1-4-6-13(21-14(22)10-16(2,3)15(23)24)11-7-5-8-12(9-11)17(18,19)20/h5,7-9,13H,4,6,10H2,1-3H3,(H,21,22)(H,23,24). The summed E-state index contributed by atoms with van der Waals surface area (Å²) in [6, 6.07) is 4.23. The third kappa shape index (κ3) is 5.54. The molecule has 0 aliphatic heterocycles. The van der Waals surface area contributed by atoms with Gasteiger partial charge in [0.15, 0.2) is 0 Å². The van der Waals surface area contributed by atoms with Crippen LogP contribution in [0.25, 0.3) is 0 Å². The first kappa shape index (κ1) is 20.0. The third-order valence-electron chi connectivity index (χ3n) is 3.71. The Bertz CT molecular complexity index is 597. The van der Waals surface area contributed by atoms with E-state index in [2.05, 4.69) is 5.32 Å². The number of hydrogen-bond donors (Lipinski definition) is 2. The van der Waals surface area contributed by atoms with Gasteiger partial charge >= 0.3 is 12.1 Å². The van der Waals surface area contributed by atoms with Gasteiger partial charge in [0.1, 0.15) is 0 Å². The van der Waals surface area contributed by atoms with Crippen LogP contribution in [0, 0.1) is 5.41 Å². The Labute approximate surface area is 139 Å². The summed E-state index contributed by atoms with van der Waals surface area (Å²) >= 11 is 0. The average Bonchev–Trinajstić information content (AvgIpc) is 2.45. The van der Waals surface area contributed by atoms with Crippen LogP contribution in [0.5, 0.6) is 0 Å². The van der Waals surface area contributed by atoms with Crippen LogP contribution < -0.4 is 5.32 Å². The molecule has 0 fully saturated rings. The summed E-state index contributed by atoms with van der Waals surface area (Å²) in [5, 5.41) is 11.7. The summed E-state index contributed by atoms with van der Waals surface area (Å²) in [4.78, 5) is 23.2.